The molecular weight excluding hydrogens is 264 g/mol. The van der Waals surface area contributed by atoms with Crippen LogP contribution in [0.15, 0.2) is 48.8 Å². The Bertz CT molecular complexity index is 685. The van der Waals surface area contributed by atoms with Gasteiger partial charge in [0.1, 0.15) is 0 Å². The summed E-state index contributed by atoms with van der Waals surface area (Å²) in [4.78, 5) is 1.65. The van der Waals surface area contributed by atoms with Crippen LogP contribution in [0.1, 0.15) is 11.4 Å². The van der Waals surface area contributed by atoms with Crippen LogP contribution in [0.25, 0.3) is 5.69 Å². The van der Waals surface area contributed by atoms with E-state index in [4.69, 9.17) is 0 Å². The highest BCUT2D eigenvalue weighted by atomic mass is 15.5. The number of nitrogens with one attached hydrogen (secondary N) is 1. The van der Waals surface area contributed by atoms with Crippen molar-refractivity contribution in [3.8, 4) is 5.69 Å². The van der Waals surface area contributed by atoms with Crippen molar-refractivity contribution in [2.75, 3.05) is 6.54 Å². The molecule has 0 aliphatic carbocycles. The molecule has 0 unspecified atom stereocenters. The third-order valence-corrected chi connectivity index (χ3v) is 3.31. The van der Waals surface area contributed by atoms with E-state index in [1.165, 1.54) is 5.69 Å². The number of benzene rings is 1. The maximum absolute atomic E-state index is 4.46. The fraction of sp³-hybridized carbons (Fsp3) is 0.267. The van der Waals surface area contributed by atoms with E-state index < -0.39 is 0 Å². The summed E-state index contributed by atoms with van der Waals surface area (Å²) in [5.41, 5.74) is 3.12. The maximum Gasteiger partial charge on any atom is 0.0969 e. The van der Waals surface area contributed by atoms with E-state index in [0.717, 1.165) is 24.3 Å². The lowest BCUT2D eigenvalue weighted by Gasteiger charge is -2.03. The lowest BCUT2D eigenvalue weighted by Crippen LogP contribution is -2.18. The average molecular weight is 282 g/mol. The molecule has 1 aromatic carbocycles. The van der Waals surface area contributed by atoms with Gasteiger partial charge in [0, 0.05) is 38.4 Å². The second-order valence-electron chi connectivity index (χ2n) is 4.83. The zero-order valence-electron chi connectivity index (χ0n) is 12.0. The van der Waals surface area contributed by atoms with Crippen molar-refractivity contribution in [2.24, 2.45) is 7.05 Å². The molecule has 3 aromatic rings. The van der Waals surface area contributed by atoms with E-state index in [2.05, 4.69) is 20.6 Å². The lowest BCUT2D eigenvalue weighted by molar-refractivity contribution is 0.630. The molecule has 0 saturated heterocycles. The van der Waals surface area contributed by atoms with Crippen molar-refractivity contribution < 1.29 is 0 Å². The number of hydrogen-bond acceptors (Lipinski definition) is 4. The van der Waals surface area contributed by atoms with Crippen LogP contribution in [0.3, 0.4) is 0 Å². The van der Waals surface area contributed by atoms with E-state index in [9.17, 15) is 0 Å². The molecule has 0 saturated carbocycles. The van der Waals surface area contributed by atoms with Crippen LogP contribution in [0, 0.1) is 0 Å². The van der Waals surface area contributed by atoms with Gasteiger partial charge in [0.2, 0.25) is 0 Å². The zero-order valence-corrected chi connectivity index (χ0v) is 12.0. The summed E-state index contributed by atoms with van der Waals surface area (Å²) in [5, 5.41) is 16.3. The van der Waals surface area contributed by atoms with Gasteiger partial charge in [-0.1, -0.05) is 18.2 Å². The van der Waals surface area contributed by atoms with Gasteiger partial charge in [0.25, 0.3) is 0 Å². The first-order chi connectivity index (χ1) is 10.3. The highest BCUT2D eigenvalue weighted by Gasteiger charge is 2.03. The Labute approximate surface area is 123 Å². The molecule has 2 aromatic heterocycles. The van der Waals surface area contributed by atoms with Crippen LogP contribution in [0.2, 0.25) is 0 Å². The molecule has 0 fully saturated rings. The van der Waals surface area contributed by atoms with Crippen LogP contribution in [0.4, 0.5) is 0 Å². The summed E-state index contributed by atoms with van der Waals surface area (Å²) >= 11 is 0. The third-order valence-electron chi connectivity index (χ3n) is 3.31. The largest absolute Gasteiger partial charge is 0.311 e. The Balaban J connectivity index is 1.50. The van der Waals surface area contributed by atoms with Crippen LogP contribution in [-0.2, 0) is 20.0 Å². The van der Waals surface area contributed by atoms with Crippen molar-refractivity contribution in [3.63, 3.8) is 0 Å². The molecule has 0 spiro atoms. The summed E-state index contributed by atoms with van der Waals surface area (Å²) in [6, 6.07) is 11.9. The zero-order chi connectivity index (χ0) is 14.5. The number of rotatable bonds is 6. The van der Waals surface area contributed by atoms with E-state index in [1.54, 1.807) is 11.0 Å². The van der Waals surface area contributed by atoms with Crippen LogP contribution in [-0.4, -0.2) is 31.3 Å². The van der Waals surface area contributed by atoms with Gasteiger partial charge >= 0.3 is 0 Å². The molecule has 0 aliphatic heterocycles. The predicted molar refractivity (Wildman–Crippen MR) is 80.0 cm³/mol. The van der Waals surface area contributed by atoms with Crippen LogP contribution < -0.4 is 5.32 Å². The highest BCUT2D eigenvalue weighted by Crippen LogP contribution is 2.04. The van der Waals surface area contributed by atoms with Gasteiger partial charge in [0.15, 0.2) is 0 Å². The summed E-state index contributed by atoms with van der Waals surface area (Å²) in [6.07, 6.45) is 4.56. The van der Waals surface area contributed by atoms with Crippen LogP contribution in [0.5, 0.6) is 0 Å². The minimum Gasteiger partial charge on any atom is -0.311 e. The smallest absolute Gasteiger partial charge is 0.0969 e. The van der Waals surface area contributed by atoms with Crippen molar-refractivity contribution in [1.82, 2.24) is 30.1 Å². The molecule has 21 heavy (non-hydrogen) atoms. The van der Waals surface area contributed by atoms with Gasteiger partial charge in [-0.15, -0.1) is 0 Å². The molecule has 1 N–H and O–H groups in total. The minimum atomic E-state index is 0.713. The monoisotopic (exact) mass is 282 g/mol. The first-order valence-corrected chi connectivity index (χ1v) is 6.97. The molecule has 3 rings (SSSR count). The molecule has 2 heterocycles. The van der Waals surface area contributed by atoms with Gasteiger partial charge in [-0.2, -0.15) is 20.1 Å². The Hall–Kier alpha value is -2.47. The number of aromatic nitrogens is 5. The number of nitrogens with zero attached hydrogens (tertiary/aromatic N) is 5. The lowest BCUT2D eigenvalue weighted by atomic mass is 10.3. The standard InChI is InChI=1S/C15H18N6/c1-20-14(8-10-17-20)7-9-16-11-13-12-18-21(19-13)15-5-3-2-4-6-15/h2-6,8,10,12,16H,7,9,11H2,1H3. The Morgan fingerprint density at radius 2 is 1.95 bits per heavy atom. The quantitative estimate of drug-likeness (QED) is 0.693. The molecule has 0 radical (unpaired) electrons. The molecule has 0 amide bonds. The highest BCUT2D eigenvalue weighted by molar-refractivity contribution is 5.28. The summed E-state index contributed by atoms with van der Waals surface area (Å²) in [5.74, 6) is 0. The molecular formula is C15H18N6. The van der Waals surface area contributed by atoms with Gasteiger partial charge in [0.05, 0.1) is 17.6 Å². The molecule has 6 nitrogen and oxygen atoms in total. The Kier molecular flexibility index (Phi) is 4.07. The van der Waals surface area contributed by atoms with Gasteiger partial charge in [-0.05, 0) is 18.2 Å². The minimum absolute atomic E-state index is 0.713. The normalized spacial score (nSPS) is 10.9. The summed E-state index contributed by atoms with van der Waals surface area (Å²) < 4.78 is 1.90. The second-order valence-corrected chi connectivity index (χ2v) is 4.83. The first-order valence-electron chi connectivity index (χ1n) is 6.97. The molecule has 6 heteroatoms. The molecule has 0 aliphatic rings. The van der Waals surface area contributed by atoms with E-state index in [0.29, 0.717) is 6.54 Å². The number of para-hydroxylation sites is 1. The molecule has 0 atom stereocenters. The number of hydrogen-bond donors (Lipinski definition) is 1. The second kappa shape index (κ2) is 6.32. The van der Waals surface area contributed by atoms with Crippen molar-refractivity contribution in [1.29, 1.82) is 0 Å². The summed E-state index contributed by atoms with van der Waals surface area (Å²) in [7, 11) is 1.96. The first kappa shape index (κ1) is 13.5. The Morgan fingerprint density at radius 1 is 1.10 bits per heavy atom. The maximum atomic E-state index is 4.46. The predicted octanol–water partition coefficient (Wildman–Crippen LogP) is 1.33. The Morgan fingerprint density at radius 3 is 2.71 bits per heavy atom. The molecule has 108 valence electrons. The van der Waals surface area contributed by atoms with E-state index in [-0.39, 0.29) is 0 Å². The summed E-state index contributed by atoms with van der Waals surface area (Å²) in [6.45, 7) is 1.60. The average Bonchev–Trinajstić information content (AvgIpc) is 3.14. The van der Waals surface area contributed by atoms with Gasteiger partial charge in [-0.3, -0.25) is 4.68 Å². The topological polar surface area (TPSA) is 60.6 Å². The van der Waals surface area contributed by atoms with Gasteiger partial charge < -0.3 is 5.32 Å². The van der Waals surface area contributed by atoms with E-state index in [1.807, 2.05) is 54.3 Å². The molecule has 0 bridgehead atoms. The van der Waals surface area contributed by atoms with Crippen molar-refractivity contribution in [2.45, 2.75) is 13.0 Å². The third kappa shape index (κ3) is 3.35. The van der Waals surface area contributed by atoms with Crippen molar-refractivity contribution >= 4 is 0 Å². The van der Waals surface area contributed by atoms with Crippen molar-refractivity contribution in [3.05, 3.63) is 60.2 Å². The van der Waals surface area contributed by atoms with Crippen LogP contribution >= 0.6 is 0 Å². The van der Waals surface area contributed by atoms with E-state index >= 15 is 0 Å². The fourth-order valence-corrected chi connectivity index (χ4v) is 2.14. The fourth-order valence-electron chi connectivity index (χ4n) is 2.14. The van der Waals surface area contributed by atoms with Gasteiger partial charge in [-0.25, -0.2) is 0 Å². The SMILES string of the molecule is Cn1nccc1CCNCc1cnn(-c2ccccc2)n1. The number of aryl methyl sites for hydroxylation is 1.